The van der Waals surface area contributed by atoms with Crippen LogP contribution in [0.15, 0.2) is 0 Å². The van der Waals surface area contributed by atoms with Crippen LogP contribution in [0.1, 0.15) is 65.7 Å². The lowest BCUT2D eigenvalue weighted by Crippen LogP contribution is -2.47. The number of rotatable bonds is 7. The van der Waals surface area contributed by atoms with Gasteiger partial charge in [-0.1, -0.05) is 0 Å². The maximum absolute atomic E-state index is 12.7. The van der Waals surface area contributed by atoms with Gasteiger partial charge in [0.2, 0.25) is 0 Å². The molecule has 0 aromatic rings. The van der Waals surface area contributed by atoms with Crippen molar-refractivity contribution in [2.24, 2.45) is 11.7 Å². The fourth-order valence-electron chi connectivity index (χ4n) is 3.88. The summed E-state index contributed by atoms with van der Waals surface area (Å²) in [5, 5.41) is 2.76. The second kappa shape index (κ2) is 10.3. The topological polar surface area (TPSA) is 93.9 Å². The first-order valence-electron chi connectivity index (χ1n) is 10.4. The lowest BCUT2D eigenvalue weighted by atomic mass is 9.90. The summed E-state index contributed by atoms with van der Waals surface area (Å²) in [6.45, 7) is 8.98. The Balaban J connectivity index is 1.91. The zero-order valence-corrected chi connectivity index (χ0v) is 17.2. The largest absolute Gasteiger partial charge is 0.461 e. The van der Waals surface area contributed by atoms with Gasteiger partial charge in [-0.3, -0.25) is 0 Å². The van der Waals surface area contributed by atoms with E-state index in [0.717, 1.165) is 58.2 Å². The van der Waals surface area contributed by atoms with Gasteiger partial charge in [-0.25, -0.2) is 9.59 Å². The molecule has 0 spiro atoms. The highest BCUT2D eigenvalue weighted by molar-refractivity contribution is 5.81. The average Bonchev–Trinajstić information content (AvgIpc) is 3.07. The lowest BCUT2D eigenvalue weighted by Gasteiger charge is -2.33. The maximum Gasteiger partial charge on any atom is 0.408 e. The second-order valence-corrected chi connectivity index (χ2v) is 8.85. The molecule has 0 aromatic carbocycles. The van der Waals surface area contributed by atoms with Crippen molar-refractivity contribution >= 4 is 12.1 Å². The second-order valence-electron chi connectivity index (χ2n) is 8.85. The van der Waals surface area contributed by atoms with Crippen molar-refractivity contribution in [1.29, 1.82) is 0 Å². The minimum Gasteiger partial charge on any atom is -0.461 e. The first kappa shape index (κ1) is 22.0. The van der Waals surface area contributed by atoms with Gasteiger partial charge in [-0.2, -0.15) is 0 Å². The van der Waals surface area contributed by atoms with Gasteiger partial charge in [0.15, 0.2) is 0 Å². The van der Waals surface area contributed by atoms with E-state index in [9.17, 15) is 9.59 Å². The smallest absolute Gasteiger partial charge is 0.408 e. The summed E-state index contributed by atoms with van der Waals surface area (Å²) < 4.78 is 11.0. The van der Waals surface area contributed by atoms with E-state index in [1.807, 2.05) is 20.8 Å². The summed E-state index contributed by atoms with van der Waals surface area (Å²) in [7, 11) is 0. The molecule has 1 atom stereocenters. The van der Waals surface area contributed by atoms with E-state index in [0.29, 0.717) is 18.9 Å². The van der Waals surface area contributed by atoms with E-state index >= 15 is 0 Å². The summed E-state index contributed by atoms with van der Waals surface area (Å²) in [6, 6.07) is -0.647. The van der Waals surface area contributed by atoms with Gasteiger partial charge in [0.1, 0.15) is 17.7 Å². The van der Waals surface area contributed by atoms with Crippen LogP contribution in [-0.2, 0) is 14.3 Å². The number of amides is 1. The number of nitrogens with one attached hydrogen (secondary N) is 1. The number of nitrogens with two attached hydrogens (primary N) is 1. The normalized spacial score (nSPS) is 21.0. The summed E-state index contributed by atoms with van der Waals surface area (Å²) in [5.74, 6) is 0.0623. The number of piperidine rings is 1. The fraction of sp³-hybridized carbons (Fsp3) is 0.900. The van der Waals surface area contributed by atoms with E-state index in [1.54, 1.807) is 0 Å². The Morgan fingerprint density at radius 3 is 2.33 bits per heavy atom. The highest BCUT2D eigenvalue weighted by atomic mass is 16.6. The van der Waals surface area contributed by atoms with Gasteiger partial charge in [-0.15, -0.1) is 0 Å². The molecule has 1 heterocycles. The van der Waals surface area contributed by atoms with E-state index in [-0.39, 0.29) is 12.1 Å². The quantitative estimate of drug-likeness (QED) is 0.656. The molecule has 1 saturated heterocycles. The molecule has 2 fully saturated rings. The molecule has 156 valence electrons. The highest BCUT2D eigenvalue weighted by Gasteiger charge is 2.32. The first-order valence-corrected chi connectivity index (χ1v) is 10.4. The van der Waals surface area contributed by atoms with Crippen molar-refractivity contribution in [3.8, 4) is 0 Å². The number of carbonyl (C=O) groups excluding carboxylic acids is 2. The summed E-state index contributed by atoms with van der Waals surface area (Å²) in [5.41, 5.74) is 5.03. The van der Waals surface area contributed by atoms with Crippen LogP contribution >= 0.6 is 0 Å². The third-order valence-electron chi connectivity index (χ3n) is 5.28. The molecule has 2 aliphatic rings. The molecule has 2 rings (SSSR count). The van der Waals surface area contributed by atoms with Crippen LogP contribution in [0.5, 0.6) is 0 Å². The molecule has 0 radical (unpaired) electrons. The molecular formula is C20H37N3O4. The number of ether oxygens (including phenoxy) is 2. The van der Waals surface area contributed by atoms with Crippen LogP contribution in [0.3, 0.4) is 0 Å². The number of alkyl carbamates (subject to hydrolysis) is 1. The number of hydrogen-bond acceptors (Lipinski definition) is 6. The molecule has 0 bridgehead atoms. The molecule has 27 heavy (non-hydrogen) atoms. The van der Waals surface area contributed by atoms with Crippen molar-refractivity contribution in [3.63, 3.8) is 0 Å². The SMILES string of the molecule is CC(C)(C)OC(=O)NC(CC1CCN(CCN)CC1)C(=O)OC1CCCC1. The van der Waals surface area contributed by atoms with Gasteiger partial charge < -0.3 is 25.4 Å². The van der Waals surface area contributed by atoms with E-state index < -0.39 is 17.7 Å². The van der Waals surface area contributed by atoms with E-state index in [1.165, 1.54) is 0 Å². The minimum absolute atomic E-state index is 0.00756. The van der Waals surface area contributed by atoms with Crippen molar-refractivity contribution in [1.82, 2.24) is 10.2 Å². The van der Waals surface area contributed by atoms with Gasteiger partial charge >= 0.3 is 12.1 Å². The van der Waals surface area contributed by atoms with Crippen LogP contribution < -0.4 is 11.1 Å². The molecule has 3 N–H and O–H groups in total. The van der Waals surface area contributed by atoms with Crippen LogP contribution in [0.25, 0.3) is 0 Å². The summed E-state index contributed by atoms with van der Waals surface area (Å²) in [4.78, 5) is 27.3. The standard InChI is InChI=1S/C20H37N3O4/c1-20(2,3)27-19(25)22-17(18(24)26-16-6-4-5-7-16)14-15-8-11-23(12-9-15)13-10-21/h15-17H,4-14,21H2,1-3H3,(H,22,25). The molecule has 1 aliphatic carbocycles. The van der Waals surface area contributed by atoms with Gasteiger partial charge in [0.25, 0.3) is 0 Å². The number of hydrogen-bond donors (Lipinski definition) is 2. The van der Waals surface area contributed by atoms with E-state index in [4.69, 9.17) is 15.2 Å². The maximum atomic E-state index is 12.7. The lowest BCUT2D eigenvalue weighted by molar-refractivity contribution is -0.152. The Hall–Kier alpha value is -1.34. The fourth-order valence-corrected chi connectivity index (χ4v) is 3.88. The van der Waals surface area contributed by atoms with Gasteiger partial charge in [0.05, 0.1) is 0 Å². The van der Waals surface area contributed by atoms with Gasteiger partial charge in [-0.05, 0) is 84.7 Å². The third-order valence-corrected chi connectivity index (χ3v) is 5.28. The zero-order chi connectivity index (χ0) is 19.9. The predicted molar refractivity (Wildman–Crippen MR) is 104 cm³/mol. The Kier molecular flexibility index (Phi) is 8.35. The third kappa shape index (κ3) is 8.05. The Labute approximate surface area is 163 Å². The van der Waals surface area contributed by atoms with Crippen LogP contribution in [0, 0.1) is 5.92 Å². The monoisotopic (exact) mass is 383 g/mol. The highest BCUT2D eigenvalue weighted by Crippen LogP contribution is 2.25. The summed E-state index contributed by atoms with van der Waals surface area (Å²) in [6.07, 6.45) is 6.07. The number of likely N-dealkylation sites (tertiary alicyclic amines) is 1. The molecule has 7 nitrogen and oxygen atoms in total. The van der Waals surface area contributed by atoms with Crippen molar-refractivity contribution in [3.05, 3.63) is 0 Å². The Morgan fingerprint density at radius 1 is 1.15 bits per heavy atom. The zero-order valence-electron chi connectivity index (χ0n) is 17.2. The molecule has 7 heteroatoms. The van der Waals surface area contributed by atoms with Crippen molar-refractivity contribution < 1.29 is 19.1 Å². The molecule has 1 unspecified atom stereocenters. The van der Waals surface area contributed by atoms with Gasteiger partial charge in [0, 0.05) is 13.1 Å². The minimum atomic E-state index is -0.647. The van der Waals surface area contributed by atoms with Crippen LogP contribution in [0.4, 0.5) is 4.79 Å². The predicted octanol–water partition coefficient (Wildman–Crippen LogP) is 2.43. The molecule has 0 aromatic heterocycles. The number of nitrogens with zero attached hydrogens (tertiary/aromatic N) is 1. The summed E-state index contributed by atoms with van der Waals surface area (Å²) >= 11 is 0. The molecule has 1 aliphatic heterocycles. The number of carbonyl (C=O) groups is 2. The van der Waals surface area contributed by atoms with E-state index in [2.05, 4.69) is 10.2 Å². The van der Waals surface area contributed by atoms with Crippen LogP contribution in [-0.4, -0.2) is 60.9 Å². The van der Waals surface area contributed by atoms with Crippen LogP contribution in [0.2, 0.25) is 0 Å². The number of esters is 1. The molecular weight excluding hydrogens is 346 g/mol. The molecule has 1 amide bonds. The average molecular weight is 384 g/mol. The first-order chi connectivity index (χ1) is 12.8. The Bertz CT molecular complexity index is 478. The Morgan fingerprint density at radius 2 is 1.78 bits per heavy atom. The van der Waals surface area contributed by atoms with Crippen molar-refractivity contribution in [2.75, 3.05) is 26.2 Å². The van der Waals surface area contributed by atoms with Crippen molar-refractivity contribution in [2.45, 2.75) is 83.5 Å². The molecule has 1 saturated carbocycles.